The molecule has 2 atom stereocenters. The van der Waals surface area contributed by atoms with Crippen LogP contribution in [0.15, 0.2) is 90.1 Å². The van der Waals surface area contributed by atoms with Gasteiger partial charge in [-0.25, -0.2) is 0 Å². The zero-order valence-electron chi connectivity index (χ0n) is 21.0. The van der Waals surface area contributed by atoms with E-state index in [0.29, 0.717) is 7.25 Å². The second kappa shape index (κ2) is 9.26. The number of nitrogens with zero attached hydrogens (tertiary/aromatic N) is 1. The molecular weight excluding hydrogens is 518 g/mol. The van der Waals surface area contributed by atoms with E-state index >= 15 is 0 Å². The quantitative estimate of drug-likeness (QED) is 0.227. The van der Waals surface area contributed by atoms with E-state index in [4.69, 9.17) is 4.98 Å². The van der Waals surface area contributed by atoms with Gasteiger partial charge < -0.3 is 0 Å². The van der Waals surface area contributed by atoms with Gasteiger partial charge in [-0.2, -0.15) is 0 Å². The van der Waals surface area contributed by atoms with Crippen molar-refractivity contribution in [2.75, 3.05) is 0 Å². The van der Waals surface area contributed by atoms with Crippen LogP contribution in [0.2, 0.25) is 13.1 Å². The molecule has 35 heavy (non-hydrogen) atoms. The van der Waals surface area contributed by atoms with Crippen LogP contribution in [0.3, 0.4) is 0 Å². The molecule has 0 saturated heterocycles. The topological polar surface area (TPSA) is 12.9 Å². The molecule has 2 aliphatic rings. The number of pyridine rings is 1. The van der Waals surface area contributed by atoms with Crippen LogP contribution in [0.25, 0.3) is 34.2 Å². The first-order valence-corrected chi connectivity index (χ1v) is 22.9. The molecule has 0 bridgehead atoms. The Bertz CT molecular complexity index is 1490. The van der Waals surface area contributed by atoms with Gasteiger partial charge in [-0.3, -0.25) is 0 Å². The maximum atomic E-state index is 4.79. The molecule has 1 heterocycles. The molecule has 0 aliphatic heterocycles. The standard InChI is InChI=1S/C20H16N.C10H9.C2H7Si.Zr/c1-2-14-12-16-7-4-9-17(19(16)13-14)18-10-3-6-15-8-5-11-21-20(15)18;1-8-6-9-4-2-3-5-10(9)7-8;1-3-2;/h3-13H,2H2,1H3;2-7H,1H3;3H,1-2H3;. The first-order valence-electron chi connectivity index (χ1n) is 12.9. The molecule has 0 amide bonds. The average molecular weight is 550 g/mol. The maximum absolute atomic E-state index is 4.79. The number of rotatable bonds is 5. The Morgan fingerprint density at radius 2 is 1.54 bits per heavy atom. The van der Waals surface area contributed by atoms with Gasteiger partial charge in [0, 0.05) is 0 Å². The second-order valence-electron chi connectivity index (χ2n) is 10.3. The van der Waals surface area contributed by atoms with Gasteiger partial charge in [-0.05, 0) is 0 Å². The van der Waals surface area contributed by atoms with Crippen molar-refractivity contribution in [2.24, 2.45) is 0 Å². The summed E-state index contributed by atoms with van der Waals surface area (Å²) < 4.78 is 1.40. The number of benzene rings is 3. The Morgan fingerprint density at radius 3 is 2.37 bits per heavy atom. The summed E-state index contributed by atoms with van der Waals surface area (Å²) in [6.45, 7) is 10.1. The normalized spacial score (nSPS) is 18.4. The predicted molar refractivity (Wildman–Crippen MR) is 150 cm³/mol. The van der Waals surface area contributed by atoms with Gasteiger partial charge in [-0.1, -0.05) is 0 Å². The molecule has 3 aromatic carbocycles. The third-order valence-electron chi connectivity index (χ3n) is 7.96. The Balaban J connectivity index is 1.53. The first-order chi connectivity index (χ1) is 17.1. The van der Waals surface area contributed by atoms with Crippen molar-refractivity contribution in [1.29, 1.82) is 0 Å². The van der Waals surface area contributed by atoms with Crippen molar-refractivity contribution in [3.8, 4) is 11.1 Å². The molecule has 1 nitrogen and oxygen atoms in total. The first kappa shape index (κ1) is 23.1. The Labute approximate surface area is 217 Å². The summed E-state index contributed by atoms with van der Waals surface area (Å²) in [7, 11) is 0. The Morgan fingerprint density at radius 1 is 0.800 bits per heavy atom. The van der Waals surface area contributed by atoms with Gasteiger partial charge in [0.2, 0.25) is 0 Å². The molecule has 0 spiro atoms. The number of allylic oxidation sites excluding steroid dienone is 2. The van der Waals surface area contributed by atoms with E-state index in [-0.39, 0.29) is 0 Å². The van der Waals surface area contributed by atoms with Crippen LogP contribution in [0.5, 0.6) is 0 Å². The van der Waals surface area contributed by atoms with Crippen molar-refractivity contribution in [1.82, 2.24) is 4.98 Å². The second-order valence-corrected chi connectivity index (χ2v) is 30.4. The van der Waals surface area contributed by atoms with Gasteiger partial charge in [-0.15, -0.1) is 0 Å². The molecule has 4 aromatic rings. The predicted octanol–water partition coefficient (Wildman–Crippen LogP) is 8.51. The van der Waals surface area contributed by atoms with Crippen LogP contribution in [-0.2, 0) is 20.9 Å². The van der Waals surface area contributed by atoms with Crippen LogP contribution >= 0.6 is 0 Å². The van der Waals surface area contributed by atoms with Crippen molar-refractivity contribution in [2.45, 2.75) is 40.6 Å². The third kappa shape index (κ3) is 3.79. The van der Waals surface area contributed by atoms with Crippen LogP contribution in [0, 0.1) is 0 Å². The van der Waals surface area contributed by atoms with Gasteiger partial charge in [0.15, 0.2) is 0 Å². The van der Waals surface area contributed by atoms with E-state index < -0.39 is 26.8 Å². The molecule has 2 unspecified atom stereocenters. The van der Waals surface area contributed by atoms with E-state index in [1.165, 1.54) is 27.6 Å². The fourth-order valence-corrected chi connectivity index (χ4v) is 29.7. The summed E-state index contributed by atoms with van der Waals surface area (Å²) in [6.07, 6.45) is 8.14. The average Bonchev–Trinajstić information content (AvgIpc) is 3.41. The molecule has 173 valence electrons. The number of fused-ring (bicyclic) bond motifs is 3. The molecule has 0 fully saturated rings. The summed E-state index contributed by atoms with van der Waals surface area (Å²) in [6, 6.07) is 27.1. The SMILES string of the molecule is CCC1=Cc2c(-c3cccc4cccnc34)cccc2[CH]1[Zr]([CH]1C(C)=Cc2ccccc21)[SiH](C)C. The summed E-state index contributed by atoms with van der Waals surface area (Å²) >= 11 is -1.97. The van der Waals surface area contributed by atoms with Gasteiger partial charge in [0.1, 0.15) is 0 Å². The minimum absolute atomic E-state index is 0.687. The fourth-order valence-electron chi connectivity index (χ4n) is 6.48. The van der Waals surface area contributed by atoms with Crippen molar-refractivity contribution in [3.63, 3.8) is 0 Å². The summed E-state index contributed by atoms with van der Waals surface area (Å²) in [5.41, 5.74) is 13.2. The molecule has 2 aliphatic carbocycles. The van der Waals surface area contributed by atoms with Gasteiger partial charge >= 0.3 is 219 Å². The summed E-state index contributed by atoms with van der Waals surface area (Å²) in [5.74, 6) is -0.827. The molecule has 0 radical (unpaired) electrons. The number of hydrogen-bond acceptors (Lipinski definition) is 1. The summed E-state index contributed by atoms with van der Waals surface area (Å²) in [5, 5.41) is 1.21. The fraction of sp³-hybridized carbons (Fsp3) is 0.219. The van der Waals surface area contributed by atoms with Crippen LogP contribution in [-0.4, -0.2) is 10.9 Å². The van der Waals surface area contributed by atoms with Crippen molar-refractivity contribution < 1.29 is 20.9 Å². The molecular formula is C32H32NSiZr. The molecule has 0 saturated carbocycles. The van der Waals surface area contributed by atoms with Crippen molar-refractivity contribution in [3.05, 3.63) is 112 Å². The Kier molecular flexibility index (Phi) is 6.11. The number of hydrogen-bond donors (Lipinski definition) is 0. The van der Waals surface area contributed by atoms with Crippen LogP contribution in [0.1, 0.15) is 49.8 Å². The van der Waals surface area contributed by atoms with Crippen LogP contribution < -0.4 is 0 Å². The number of para-hydroxylation sites is 1. The van der Waals surface area contributed by atoms with Gasteiger partial charge in [0.05, 0.1) is 0 Å². The zero-order valence-corrected chi connectivity index (χ0v) is 24.7. The summed E-state index contributed by atoms with van der Waals surface area (Å²) in [4.78, 5) is 4.79. The number of aromatic nitrogens is 1. The van der Waals surface area contributed by atoms with E-state index in [0.717, 1.165) is 11.9 Å². The zero-order chi connectivity index (χ0) is 24.1. The third-order valence-corrected chi connectivity index (χ3v) is 29.9. The van der Waals surface area contributed by atoms with E-state index in [1.807, 2.05) is 12.3 Å². The van der Waals surface area contributed by atoms with E-state index in [1.54, 1.807) is 22.3 Å². The molecule has 6 rings (SSSR count). The molecule has 3 heteroatoms. The van der Waals surface area contributed by atoms with Crippen molar-refractivity contribution >= 4 is 29.0 Å². The Hall–Kier alpha value is -2.35. The molecule has 1 aromatic heterocycles. The monoisotopic (exact) mass is 548 g/mol. The van der Waals surface area contributed by atoms with Crippen LogP contribution in [0.4, 0.5) is 0 Å². The molecule has 0 N–H and O–H groups in total. The van der Waals surface area contributed by atoms with E-state index in [9.17, 15) is 0 Å². The van der Waals surface area contributed by atoms with E-state index in [2.05, 4.69) is 106 Å². The van der Waals surface area contributed by atoms with Gasteiger partial charge in [0.25, 0.3) is 0 Å². The minimum atomic E-state index is -1.97.